The molecule has 0 bridgehead atoms. The van der Waals surface area contributed by atoms with Crippen LogP contribution in [0.25, 0.3) is 22.0 Å². The fraction of sp³-hybridized carbons (Fsp3) is 0.360. The van der Waals surface area contributed by atoms with E-state index >= 15 is 0 Å². The summed E-state index contributed by atoms with van der Waals surface area (Å²) in [6.07, 6.45) is 3.75. The molecular weight excluding hydrogens is 392 g/mol. The van der Waals surface area contributed by atoms with E-state index in [-0.39, 0.29) is 30.5 Å². The smallest absolute Gasteiger partial charge is 0.220 e. The summed E-state index contributed by atoms with van der Waals surface area (Å²) in [6, 6.07) is 13.4. The second-order valence-electron chi connectivity index (χ2n) is 7.67. The van der Waals surface area contributed by atoms with Gasteiger partial charge in [-0.1, -0.05) is 25.1 Å². The van der Waals surface area contributed by atoms with Gasteiger partial charge < -0.3 is 19.7 Å². The van der Waals surface area contributed by atoms with Crippen LogP contribution in [0.2, 0.25) is 0 Å². The highest BCUT2D eigenvalue weighted by molar-refractivity contribution is 5.85. The lowest BCUT2D eigenvalue weighted by Crippen LogP contribution is -2.26. The molecule has 0 aliphatic heterocycles. The molecule has 1 amide bonds. The van der Waals surface area contributed by atoms with Crippen molar-refractivity contribution in [3.05, 3.63) is 64.4 Å². The summed E-state index contributed by atoms with van der Waals surface area (Å²) in [5.41, 5.74) is 3.48. The number of rotatable bonds is 9. The Morgan fingerprint density at radius 2 is 1.94 bits per heavy atom. The van der Waals surface area contributed by atoms with Gasteiger partial charge in [-0.15, -0.1) is 0 Å². The van der Waals surface area contributed by atoms with E-state index in [9.17, 15) is 9.59 Å². The van der Waals surface area contributed by atoms with Crippen LogP contribution in [0.5, 0.6) is 5.75 Å². The van der Waals surface area contributed by atoms with Crippen molar-refractivity contribution in [3.8, 4) is 16.9 Å². The van der Waals surface area contributed by atoms with Gasteiger partial charge in [0.25, 0.3) is 0 Å². The molecule has 1 atom stereocenters. The molecule has 6 nitrogen and oxygen atoms in total. The number of amides is 1. The number of nitrogens with one attached hydrogen (secondary N) is 1. The first-order valence-electron chi connectivity index (χ1n) is 10.7. The number of aliphatic hydroxyl groups excluding tert-OH is 1. The van der Waals surface area contributed by atoms with Crippen molar-refractivity contribution < 1.29 is 14.6 Å². The van der Waals surface area contributed by atoms with Gasteiger partial charge in [-0.05, 0) is 55.2 Å². The van der Waals surface area contributed by atoms with Crippen molar-refractivity contribution in [1.29, 1.82) is 0 Å². The number of carbonyl (C=O) groups excluding carboxylic acids is 1. The van der Waals surface area contributed by atoms with Gasteiger partial charge in [0.1, 0.15) is 5.75 Å². The van der Waals surface area contributed by atoms with Gasteiger partial charge in [0.15, 0.2) is 5.43 Å². The average molecular weight is 423 g/mol. The highest BCUT2D eigenvalue weighted by Crippen LogP contribution is 2.27. The fourth-order valence-corrected chi connectivity index (χ4v) is 3.72. The monoisotopic (exact) mass is 422 g/mol. The molecule has 0 fully saturated rings. The quantitative estimate of drug-likeness (QED) is 0.551. The number of hydrogen-bond acceptors (Lipinski definition) is 4. The molecule has 164 valence electrons. The van der Waals surface area contributed by atoms with Crippen LogP contribution in [0.4, 0.5) is 0 Å². The highest BCUT2D eigenvalue weighted by Gasteiger charge is 2.16. The minimum Gasteiger partial charge on any atom is -0.497 e. The molecule has 31 heavy (non-hydrogen) atoms. The van der Waals surface area contributed by atoms with Gasteiger partial charge >= 0.3 is 0 Å². The van der Waals surface area contributed by atoms with Crippen molar-refractivity contribution in [2.45, 2.75) is 39.2 Å². The van der Waals surface area contributed by atoms with Crippen LogP contribution in [0, 0.1) is 0 Å². The normalized spacial score (nSPS) is 12.0. The lowest BCUT2D eigenvalue weighted by Gasteiger charge is -2.21. The fourth-order valence-electron chi connectivity index (χ4n) is 3.72. The summed E-state index contributed by atoms with van der Waals surface area (Å²) < 4.78 is 7.34. The first-order valence-corrected chi connectivity index (χ1v) is 10.7. The van der Waals surface area contributed by atoms with Crippen LogP contribution >= 0.6 is 0 Å². The second-order valence-corrected chi connectivity index (χ2v) is 7.67. The molecular formula is C25H30N2O4. The zero-order valence-corrected chi connectivity index (χ0v) is 18.4. The Morgan fingerprint density at radius 1 is 1.19 bits per heavy atom. The number of nitrogens with zero attached hydrogens (tertiary/aromatic N) is 1. The standard InChI is InChI=1S/C25H30N2O4/c1-4-18-6-11-21-23(15-18)27(17(2)5-12-24(29)26-13-14-28)16-22(25(21)30)19-7-9-20(31-3)10-8-19/h6-11,15-17,28H,4-5,12-14H2,1-3H3,(H,26,29). The summed E-state index contributed by atoms with van der Waals surface area (Å²) in [5, 5.41) is 12.2. The summed E-state index contributed by atoms with van der Waals surface area (Å²) in [7, 11) is 1.61. The van der Waals surface area contributed by atoms with E-state index in [4.69, 9.17) is 9.84 Å². The van der Waals surface area contributed by atoms with E-state index in [2.05, 4.69) is 29.8 Å². The van der Waals surface area contributed by atoms with Gasteiger partial charge in [0.05, 0.1) is 19.2 Å². The van der Waals surface area contributed by atoms with E-state index in [0.29, 0.717) is 23.8 Å². The minimum atomic E-state index is -0.0872. The Hall–Kier alpha value is -3.12. The molecule has 1 unspecified atom stereocenters. The van der Waals surface area contributed by atoms with Gasteiger partial charge in [-0.25, -0.2) is 0 Å². The molecule has 0 aliphatic carbocycles. The zero-order valence-electron chi connectivity index (χ0n) is 18.4. The van der Waals surface area contributed by atoms with Crippen molar-refractivity contribution in [2.24, 2.45) is 0 Å². The second kappa shape index (κ2) is 10.3. The van der Waals surface area contributed by atoms with Crippen molar-refractivity contribution in [3.63, 3.8) is 0 Å². The Morgan fingerprint density at radius 3 is 2.58 bits per heavy atom. The van der Waals surface area contributed by atoms with E-state index in [1.165, 1.54) is 0 Å². The van der Waals surface area contributed by atoms with Gasteiger partial charge in [0, 0.05) is 36.2 Å². The summed E-state index contributed by atoms with van der Waals surface area (Å²) in [4.78, 5) is 25.3. The Labute approximate surface area is 182 Å². The predicted molar refractivity (Wildman–Crippen MR) is 124 cm³/mol. The topological polar surface area (TPSA) is 80.6 Å². The number of carbonyl (C=O) groups is 1. The van der Waals surface area contributed by atoms with Crippen molar-refractivity contribution in [2.75, 3.05) is 20.3 Å². The maximum Gasteiger partial charge on any atom is 0.220 e. The molecule has 1 aromatic heterocycles. The summed E-state index contributed by atoms with van der Waals surface area (Å²) >= 11 is 0. The van der Waals surface area contributed by atoms with Crippen LogP contribution in [-0.2, 0) is 11.2 Å². The van der Waals surface area contributed by atoms with E-state index in [1.54, 1.807) is 7.11 Å². The summed E-state index contributed by atoms with van der Waals surface area (Å²) in [5.74, 6) is 0.649. The molecule has 0 radical (unpaired) electrons. The van der Waals surface area contributed by atoms with E-state index in [1.807, 2.05) is 42.6 Å². The molecule has 2 N–H and O–H groups in total. The molecule has 0 saturated carbocycles. The lowest BCUT2D eigenvalue weighted by molar-refractivity contribution is -0.121. The van der Waals surface area contributed by atoms with Gasteiger partial charge in [-0.2, -0.15) is 0 Å². The first kappa shape index (κ1) is 22.6. The molecule has 1 heterocycles. The first-order chi connectivity index (χ1) is 15.0. The molecule has 6 heteroatoms. The SMILES string of the molecule is CCc1ccc2c(=O)c(-c3ccc(OC)cc3)cn(C(C)CCC(=O)NCCO)c2c1. The largest absolute Gasteiger partial charge is 0.497 e. The van der Waals surface area contributed by atoms with Crippen molar-refractivity contribution >= 4 is 16.8 Å². The molecule has 3 aromatic rings. The van der Waals surface area contributed by atoms with Crippen LogP contribution in [0.15, 0.2) is 53.5 Å². The third-order valence-electron chi connectivity index (χ3n) is 5.61. The Kier molecular flexibility index (Phi) is 7.47. The van der Waals surface area contributed by atoms with Crippen LogP contribution < -0.4 is 15.5 Å². The predicted octanol–water partition coefficient (Wildman–Crippen LogP) is 3.69. The number of fused-ring (bicyclic) bond motifs is 1. The third kappa shape index (κ3) is 5.14. The van der Waals surface area contributed by atoms with Crippen molar-refractivity contribution in [1.82, 2.24) is 9.88 Å². The number of methoxy groups -OCH3 is 1. The molecule has 0 aliphatic rings. The van der Waals surface area contributed by atoms with Crippen LogP contribution in [0.3, 0.4) is 0 Å². The maximum atomic E-state index is 13.3. The van der Waals surface area contributed by atoms with Crippen LogP contribution in [-0.4, -0.2) is 35.8 Å². The number of aliphatic hydroxyl groups is 1. The average Bonchev–Trinajstić information content (AvgIpc) is 2.81. The maximum absolute atomic E-state index is 13.3. The zero-order chi connectivity index (χ0) is 22.4. The number of pyridine rings is 1. The van der Waals surface area contributed by atoms with Crippen LogP contribution in [0.1, 0.15) is 38.3 Å². The molecule has 0 saturated heterocycles. The molecule has 2 aromatic carbocycles. The lowest BCUT2D eigenvalue weighted by atomic mass is 10.0. The number of aromatic nitrogens is 1. The number of ether oxygens (including phenoxy) is 1. The third-order valence-corrected chi connectivity index (χ3v) is 5.61. The van der Waals surface area contributed by atoms with E-state index in [0.717, 1.165) is 28.8 Å². The molecule has 0 spiro atoms. The van der Waals surface area contributed by atoms with Gasteiger partial charge in [-0.3, -0.25) is 9.59 Å². The number of benzene rings is 2. The van der Waals surface area contributed by atoms with E-state index < -0.39 is 0 Å². The van der Waals surface area contributed by atoms with Gasteiger partial charge in [0.2, 0.25) is 5.91 Å². The highest BCUT2D eigenvalue weighted by atomic mass is 16.5. The Balaban J connectivity index is 2.05. The minimum absolute atomic E-state index is 0.00656. The Bertz CT molecular complexity index is 1100. The number of hydrogen-bond donors (Lipinski definition) is 2. The summed E-state index contributed by atoms with van der Waals surface area (Å²) in [6.45, 7) is 4.33. The molecule has 3 rings (SSSR count). The number of aryl methyl sites for hydroxylation is 1.